The quantitative estimate of drug-likeness (QED) is 0.458. The molecule has 0 aromatic carbocycles. The van der Waals surface area contributed by atoms with Crippen LogP contribution >= 0.6 is 0 Å². The zero-order chi connectivity index (χ0) is 10.1. The molecular weight excluding hydrogens is 168 g/mol. The number of carbonyl (C=O) groups excluding carboxylic acids is 1. The van der Waals surface area contributed by atoms with Crippen molar-refractivity contribution in [2.24, 2.45) is 9.98 Å². The summed E-state index contributed by atoms with van der Waals surface area (Å²) in [7, 11) is 1.55. The lowest BCUT2D eigenvalue weighted by molar-refractivity contribution is -0.113. The Morgan fingerprint density at radius 3 is 2.85 bits per heavy atom. The van der Waals surface area contributed by atoms with Gasteiger partial charge < -0.3 is 5.32 Å². The molecule has 0 aromatic rings. The van der Waals surface area contributed by atoms with Crippen molar-refractivity contribution < 1.29 is 4.79 Å². The lowest BCUT2D eigenvalue weighted by Crippen LogP contribution is -2.23. The van der Waals surface area contributed by atoms with E-state index < -0.39 is 0 Å². The number of carbonyl (C=O) groups is 1. The SMILES string of the molecule is CCNC(C)/N=C\N=C\C(=O)NC. The summed E-state index contributed by atoms with van der Waals surface area (Å²) in [6.45, 7) is 4.77. The molecule has 1 amide bonds. The van der Waals surface area contributed by atoms with Gasteiger partial charge >= 0.3 is 0 Å². The summed E-state index contributed by atoms with van der Waals surface area (Å²) in [5.74, 6) is -0.234. The third kappa shape index (κ3) is 7.14. The van der Waals surface area contributed by atoms with Crippen molar-refractivity contribution >= 4 is 18.5 Å². The van der Waals surface area contributed by atoms with Gasteiger partial charge in [0.2, 0.25) is 0 Å². The van der Waals surface area contributed by atoms with Gasteiger partial charge in [0.05, 0.1) is 12.4 Å². The third-order valence-electron chi connectivity index (χ3n) is 1.29. The molecule has 1 atom stereocenters. The fourth-order valence-corrected chi connectivity index (χ4v) is 0.652. The normalized spacial score (nSPS) is 13.8. The topological polar surface area (TPSA) is 65.8 Å². The van der Waals surface area contributed by atoms with Gasteiger partial charge in [0.1, 0.15) is 6.34 Å². The minimum atomic E-state index is -0.234. The van der Waals surface area contributed by atoms with Gasteiger partial charge in [0.15, 0.2) is 0 Å². The highest BCUT2D eigenvalue weighted by molar-refractivity contribution is 6.27. The Morgan fingerprint density at radius 2 is 2.31 bits per heavy atom. The van der Waals surface area contributed by atoms with Gasteiger partial charge in [-0.15, -0.1) is 0 Å². The van der Waals surface area contributed by atoms with Crippen LogP contribution in [0, 0.1) is 0 Å². The van der Waals surface area contributed by atoms with E-state index in [0.29, 0.717) is 0 Å². The van der Waals surface area contributed by atoms with Gasteiger partial charge in [-0.05, 0) is 13.5 Å². The highest BCUT2D eigenvalue weighted by atomic mass is 16.1. The van der Waals surface area contributed by atoms with Crippen LogP contribution in [0.15, 0.2) is 9.98 Å². The van der Waals surface area contributed by atoms with E-state index in [0.717, 1.165) is 6.54 Å². The standard InChI is InChI=1S/C8H16N4O/c1-4-11-7(2)12-6-10-5-8(13)9-3/h5-7,11H,4H2,1-3H3,(H,9,13)/b10-5+,12-6-. The molecule has 0 heterocycles. The summed E-state index contributed by atoms with van der Waals surface area (Å²) in [6, 6.07) is 0. The molecule has 74 valence electrons. The van der Waals surface area contributed by atoms with Crippen molar-refractivity contribution in [3.8, 4) is 0 Å². The maximum absolute atomic E-state index is 10.6. The molecule has 0 aromatic heterocycles. The fourth-order valence-electron chi connectivity index (χ4n) is 0.652. The predicted molar refractivity (Wildman–Crippen MR) is 54.2 cm³/mol. The van der Waals surface area contributed by atoms with E-state index in [1.807, 2.05) is 13.8 Å². The fraction of sp³-hybridized carbons (Fsp3) is 0.625. The second-order valence-electron chi connectivity index (χ2n) is 2.39. The third-order valence-corrected chi connectivity index (χ3v) is 1.29. The molecule has 5 nitrogen and oxygen atoms in total. The smallest absolute Gasteiger partial charge is 0.262 e. The van der Waals surface area contributed by atoms with Crippen molar-refractivity contribution in [3.05, 3.63) is 0 Å². The second kappa shape index (κ2) is 7.42. The summed E-state index contributed by atoms with van der Waals surface area (Å²) in [5.41, 5.74) is 0. The van der Waals surface area contributed by atoms with Gasteiger partial charge in [-0.1, -0.05) is 6.92 Å². The number of nitrogens with one attached hydrogen (secondary N) is 2. The van der Waals surface area contributed by atoms with Crippen LogP contribution in [0.3, 0.4) is 0 Å². The molecule has 0 rings (SSSR count). The van der Waals surface area contributed by atoms with Crippen LogP contribution in [0.25, 0.3) is 0 Å². The summed E-state index contributed by atoms with van der Waals surface area (Å²) < 4.78 is 0. The van der Waals surface area contributed by atoms with Gasteiger partial charge in [0, 0.05) is 7.05 Å². The first-order valence-corrected chi connectivity index (χ1v) is 4.20. The Hall–Kier alpha value is -1.23. The molecule has 0 aliphatic heterocycles. The Morgan fingerprint density at radius 1 is 1.62 bits per heavy atom. The highest BCUT2D eigenvalue weighted by Gasteiger charge is 1.91. The zero-order valence-corrected chi connectivity index (χ0v) is 8.24. The number of nitrogens with zero attached hydrogens (tertiary/aromatic N) is 2. The number of amides is 1. The van der Waals surface area contributed by atoms with Crippen LogP contribution in [-0.4, -0.2) is 38.2 Å². The maximum atomic E-state index is 10.6. The molecule has 0 bridgehead atoms. The van der Waals surface area contributed by atoms with Gasteiger partial charge in [-0.25, -0.2) is 4.99 Å². The molecule has 0 aliphatic rings. The summed E-state index contributed by atoms with van der Waals surface area (Å²) >= 11 is 0. The molecule has 2 N–H and O–H groups in total. The van der Waals surface area contributed by atoms with Crippen LogP contribution in [-0.2, 0) is 4.79 Å². The van der Waals surface area contributed by atoms with Crippen LogP contribution in [0.5, 0.6) is 0 Å². The van der Waals surface area contributed by atoms with Crippen LogP contribution in [0.4, 0.5) is 0 Å². The number of hydrogen-bond acceptors (Lipinski definition) is 3. The number of hydrogen-bond donors (Lipinski definition) is 2. The van der Waals surface area contributed by atoms with E-state index in [9.17, 15) is 4.79 Å². The summed E-state index contributed by atoms with van der Waals surface area (Å²) in [4.78, 5) is 18.3. The van der Waals surface area contributed by atoms with E-state index >= 15 is 0 Å². The largest absolute Gasteiger partial charge is 0.354 e. The molecule has 1 unspecified atom stereocenters. The molecule has 0 saturated heterocycles. The lowest BCUT2D eigenvalue weighted by Gasteiger charge is -2.03. The molecule has 5 heteroatoms. The molecular formula is C8H16N4O. The monoisotopic (exact) mass is 184 g/mol. The van der Waals surface area contributed by atoms with E-state index in [-0.39, 0.29) is 12.1 Å². The predicted octanol–water partition coefficient (Wildman–Crippen LogP) is -0.213. The molecule has 0 fully saturated rings. The Balaban J connectivity index is 3.73. The van der Waals surface area contributed by atoms with Gasteiger partial charge in [-0.2, -0.15) is 0 Å². The average Bonchev–Trinajstić information content (AvgIpc) is 2.12. The molecule has 13 heavy (non-hydrogen) atoms. The number of aliphatic imine (C=N–C) groups is 2. The van der Waals surface area contributed by atoms with Crippen molar-refractivity contribution in [1.29, 1.82) is 0 Å². The summed E-state index contributed by atoms with van der Waals surface area (Å²) in [6.07, 6.45) is 2.58. The molecule has 0 radical (unpaired) electrons. The first-order chi connectivity index (χ1) is 6.20. The maximum Gasteiger partial charge on any atom is 0.262 e. The minimum absolute atomic E-state index is 0.0341. The van der Waals surface area contributed by atoms with E-state index in [2.05, 4.69) is 20.6 Å². The van der Waals surface area contributed by atoms with Crippen molar-refractivity contribution in [1.82, 2.24) is 10.6 Å². The number of rotatable bonds is 5. The molecule has 0 saturated carbocycles. The lowest BCUT2D eigenvalue weighted by atomic mass is 10.5. The van der Waals surface area contributed by atoms with Crippen LogP contribution in [0.2, 0.25) is 0 Å². The first kappa shape index (κ1) is 11.8. The zero-order valence-electron chi connectivity index (χ0n) is 8.24. The van der Waals surface area contributed by atoms with Crippen molar-refractivity contribution in [3.63, 3.8) is 0 Å². The van der Waals surface area contributed by atoms with E-state index in [1.54, 1.807) is 7.05 Å². The van der Waals surface area contributed by atoms with Crippen LogP contribution in [0.1, 0.15) is 13.8 Å². The first-order valence-electron chi connectivity index (χ1n) is 4.20. The van der Waals surface area contributed by atoms with Gasteiger partial charge in [0.25, 0.3) is 5.91 Å². The summed E-state index contributed by atoms with van der Waals surface area (Å²) in [5, 5.41) is 5.49. The van der Waals surface area contributed by atoms with Crippen LogP contribution < -0.4 is 10.6 Å². The average molecular weight is 184 g/mol. The van der Waals surface area contributed by atoms with Crippen molar-refractivity contribution in [2.75, 3.05) is 13.6 Å². The Bertz CT molecular complexity index is 200. The van der Waals surface area contributed by atoms with Crippen molar-refractivity contribution in [2.45, 2.75) is 20.0 Å². The highest BCUT2D eigenvalue weighted by Crippen LogP contribution is 1.80. The molecule has 0 aliphatic carbocycles. The molecule has 0 spiro atoms. The minimum Gasteiger partial charge on any atom is -0.354 e. The van der Waals surface area contributed by atoms with E-state index in [1.165, 1.54) is 12.6 Å². The van der Waals surface area contributed by atoms with E-state index in [4.69, 9.17) is 0 Å². The Labute approximate surface area is 78.3 Å². The van der Waals surface area contributed by atoms with Gasteiger partial charge in [-0.3, -0.25) is 15.1 Å². The Kier molecular flexibility index (Phi) is 6.72. The second-order valence-corrected chi connectivity index (χ2v) is 2.39.